The summed E-state index contributed by atoms with van der Waals surface area (Å²) in [7, 11) is 0. The highest BCUT2D eigenvalue weighted by atomic mass is 32.1. The summed E-state index contributed by atoms with van der Waals surface area (Å²) in [6, 6.07) is 6.28. The van der Waals surface area contributed by atoms with Gasteiger partial charge in [-0.15, -0.1) is 11.3 Å². The normalized spacial score (nSPS) is 21.3. The number of benzene rings is 1. The Kier molecular flexibility index (Phi) is 5.31. The molecule has 1 aromatic carbocycles. The van der Waals surface area contributed by atoms with Gasteiger partial charge in [0.1, 0.15) is 10.8 Å². The number of hydrogen-bond acceptors (Lipinski definition) is 4. The van der Waals surface area contributed by atoms with Crippen molar-refractivity contribution in [2.24, 2.45) is 5.92 Å². The van der Waals surface area contributed by atoms with Crippen LogP contribution in [0.4, 0.5) is 4.39 Å². The van der Waals surface area contributed by atoms with E-state index in [4.69, 9.17) is 4.74 Å². The number of likely N-dealkylation sites (tertiary alicyclic amines) is 1. The van der Waals surface area contributed by atoms with Crippen molar-refractivity contribution in [1.29, 1.82) is 0 Å². The molecular formula is C20H23FN2O2S. The van der Waals surface area contributed by atoms with Crippen LogP contribution in [0.1, 0.15) is 30.7 Å². The Hall–Kier alpha value is -1.79. The zero-order chi connectivity index (χ0) is 17.9. The molecule has 0 radical (unpaired) electrons. The van der Waals surface area contributed by atoms with Crippen LogP contribution in [-0.4, -0.2) is 41.6 Å². The Labute approximate surface area is 157 Å². The molecule has 2 fully saturated rings. The van der Waals surface area contributed by atoms with Gasteiger partial charge in [-0.1, -0.05) is 0 Å². The van der Waals surface area contributed by atoms with E-state index >= 15 is 0 Å². The maximum Gasteiger partial charge on any atom is 0.229 e. The molecule has 26 heavy (non-hydrogen) atoms. The van der Waals surface area contributed by atoms with E-state index in [0.717, 1.165) is 48.8 Å². The summed E-state index contributed by atoms with van der Waals surface area (Å²) in [6.45, 7) is 2.53. The van der Waals surface area contributed by atoms with Crippen LogP contribution in [0.15, 0.2) is 29.6 Å². The zero-order valence-electron chi connectivity index (χ0n) is 14.7. The van der Waals surface area contributed by atoms with Gasteiger partial charge >= 0.3 is 0 Å². The third-order valence-corrected chi connectivity index (χ3v) is 6.23. The molecule has 0 aliphatic carbocycles. The van der Waals surface area contributed by atoms with Crippen LogP contribution in [-0.2, 0) is 16.0 Å². The van der Waals surface area contributed by atoms with E-state index in [2.05, 4.69) is 4.98 Å². The van der Waals surface area contributed by atoms with Crippen molar-refractivity contribution in [3.63, 3.8) is 0 Å². The zero-order valence-corrected chi connectivity index (χ0v) is 15.5. The van der Waals surface area contributed by atoms with Gasteiger partial charge in [-0.2, -0.15) is 0 Å². The van der Waals surface area contributed by atoms with Gasteiger partial charge in [0.05, 0.1) is 18.2 Å². The molecule has 4 rings (SSSR count). The quantitative estimate of drug-likeness (QED) is 0.815. The fourth-order valence-electron chi connectivity index (χ4n) is 3.88. The first-order chi connectivity index (χ1) is 12.7. The molecule has 6 heteroatoms. The number of aromatic nitrogens is 1. The van der Waals surface area contributed by atoms with Gasteiger partial charge in [0, 0.05) is 30.6 Å². The summed E-state index contributed by atoms with van der Waals surface area (Å²) in [5.41, 5.74) is 1.67. The van der Waals surface area contributed by atoms with Gasteiger partial charge in [-0.25, -0.2) is 9.37 Å². The number of thiazole rings is 1. The fraction of sp³-hybridized carbons (Fsp3) is 0.500. The highest BCUT2D eigenvalue weighted by Gasteiger charge is 2.31. The van der Waals surface area contributed by atoms with Crippen LogP contribution in [0, 0.1) is 11.7 Å². The van der Waals surface area contributed by atoms with E-state index in [9.17, 15) is 9.18 Å². The lowest BCUT2D eigenvalue weighted by atomic mass is 9.90. The first-order valence-corrected chi connectivity index (χ1v) is 10.2. The minimum atomic E-state index is -0.259. The van der Waals surface area contributed by atoms with Gasteiger partial charge in [0.25, 0.3) is 0 Å². The van der Waals surface area contributed by atoms with Crippen LogP contribution in [0.2, 0.25) is 0 Å². The van der Waals surface area contributed by atoms with Crippen molar-refractivity contribution in [3.8, 4) is 11.3 Å². The predicted molar refractivity (Wildman–Crippen MR) is 99.5 cm³/mol. The second-order valence-electron chi connectivity index (χ2n) is 7.08. The summed E-state index contributed by atoms with van der Waals surface area (Å²) in [5.74, 6) is 0.494. The Balaban J connectivity index is 1.32. The molecule has 0 bridgehead atoms. The van der Waals surface area contributed by atoms with Crippen molar-refractivity contribution in [2.45, 2.75) is 38.2 Å². The number of hydrogen-bond donors (Lipinski definition) is 0. The van der Waals surface area contributed by atoms with Crippen LogP contribution in [0.25, 0.3) is 11.3 Å². The minimum Gasteiger partial charge on any atom is -0.378 e. The molecule has 2 aromatic rings. The largest absolute Gasteiger partial charge is 0.378 e. The summed E-state index contributed by atoms with van der Waals surface area (Å²) < 4.78 is 18.8. The van der Waals surface area contributed by atoms with Crippen LogP contribution >= 0.6 is 11.3 Å². The van der Waals surface area contributed by atoms with Crippen molar-refractivity contribution in [2.75, 3.05) is 19.7 Å². The molecule has 4 nitrogen and oxygen atoms in total. The van der Waals surface area contributed by atoms with Gasteiger partial charge < -0.3 is 9.64 Å². The molecule has 0 spiro atoms. The lowest BCUT2D eigenvalue weighted by Crippen LogP contribution is -2.41. The lowest BCUT2D eigenvalue weighted by Gasteiger charge is -2.34. The maximum atomic E-state index is 13.0. The second-order valence-corrected chi connectivity index (χ2v) is 8.02. The predicted octanol–water partition coefficient (Wildman–Crippen LogP) is 3.91. The van der Waals surface area contributed by atoms with E-state index in [0.29, 0.717) is 18.4 Å². The standard InChI is InChI=1S/C20H23FN2O2S/c21-16-5-3-14(4-6-16)17-13-26-19(22-17)12-20(24)23-9-7-15(8-10-23)18-2-1-11-25-18/h3-6,13,15,18H,1-2,7-12H2. The number of rotatable bonds is 4. The van der Waals surface area contributed by atoms with E-state index in [-0.39, 0.29) is 11.7 Å². The molecule has 138 valence electrons. The first kappa shape index (κ1) is 17.6. The summed E-state index contributed by atoms with van der Waals surface area (Å²) in [6.07, 6.45) is 5.17. The first-order valence-electron chi connectivity index (χ1n) is 9.29. The highest BCUT2D eigenvalue weighted by molar-refractivity contribution is 7.10. The maximum absolute atomic E-state index is 13.0. The molecular weight excluding hydrogens is 351 g/mol. The number of nitrogens with zero attached hydrogens (tertiary/aromatic N) is 2. The molecule has 1 atom stereocenters. The minimum absolute atomic E-state index is 0.149. The number of piperidine rings is 1. The van der Waals surface area contributed by atoms with Crippen LogP contribution in [0.5, 0.6) is 0 Å². The van der Waals surface area contributed by atoms with E-state index in [1.165, 1.54) is 36.3 Å². The lowest BCUT2D eigenvalue weighted by molar-refractivity contribution is -0.132. The van der Waals surface area contributed by atoms with Crippen molar-refractivity contribution < 1.29 is 13.9 Å². The number of carbonyl (C=O) groups is 1. The molecule has 1 unspecified atom stereocenters. The molecule has 2 saturated heterocycles. The highest BCUT2D eigenvalue weighted by Crippen LogP contribution is 2.29. The molecule has 2 aliphatic rings. The number of carbonyl (C=O) groups excluding carboxylic acids is 1. The molecule has 1 aromatic heterocycles. The molecule has 3 heterocycles. The third kappa shape index (κ3) is 3.96. The van der Waals surface area contributed by atoms with Gasteiger partial charge in [0.15, 0.2) is 0 Å². The molecule has 2 aliphatic heterocycles. The third-order valence-electron chi connectivity index (χ3n) is 5.38. The SMILES string of the molecule is O=C(Cc1nc(-c2ccc(F)cc2)cs1)N1CCC(C2CCCO2)CC1. The van der Waals surface area contributed by atoms with Crippen molar-refractivity contribution in [1.82, 2.24) is 9.88 Å². The summed E-state index contributed by atoms with van der Waals surface area (Å²) in [5, 5.41) is 2.75. The molecule has 1 amide bonds. The Morgan fingerprint density at radius 1 is 1.23 bits per heavy atom. The van der Waals surface area contributed by atoms with E-state index < -0.39 is 0 Å². The van der Waals surface area contributed by atoms with E-state index in [1.807, 2.05) is 10.3 Å². The number of amides is 1. The average molecular weight is 374 g/mol. The smallest absolute Gasteiger partial charge is 0.229 e. The average Bonchev–Trinajstić information content (AvgIpc) is 3.35. The molecule has 0 saturated carbocycles. The van der Waals surface area contributed by atoms with Crippen LogP contribution < -0.4 is 0 Å². The summed E-state index contributed by atoms with van der Waals surface area (Å²) in [4.78, 5) is 19.1. The Bertz CT molecular complexity index is 747. The monoisotopic (exact) mass is 374 g/mol. The second kappa shape index (κ2) is 7.84. The van der Waals surface area contributed by atoms with Crippen molar-refractivity contribution >= 4 is 17.2 Å². The summed E-state index contributed by atoms with van der Waals surface area (Å²) >= 11 is 1.49. The van der Waals surface area contributed by atoms with Gasteiger partial charge in [0.2, 0.25) is 5.91 Å². The number of ether oxygens (including phenoxy) is 1. The van der Waals surface area contributed by atoms with Gasteiger partial charge in [-0.05, 0) is 55.9 Å². The molecule has 0 N–H and O–H groups in total. The fourth-order valence-corrected chi connectivity index (χ4v) is 4.68. The van der Waals surface area contributed by atoms with Crippen molar-refractivity contribution in [3.05, 3.63) is 40.5 Å². The number of halogens is 1. The van der Waals surface area contributed by atoms with E-state index in [1.54, 1.807) is 12.1 Å². The Morgan fingerprint density at radius 2 is 2.00 bits per heavy atom. The van der Waals surface area contributed by atoms with Gasteiger partial charge in [-0.3, -0.25) is 4.79 Å². The topological polar surface area (TPSA) is 42.4 Å². The van der Waals surface area contributed by atoms with Crippen LogP contribution in [0.3, 0.4) is 0 Å². The Morgan fingerprint density at radius 3 is 2.69 bits per heavy atom.